The molecule has 0 N–H and O–H groups in total. The third kappa shape index (κ3) is 3.47. The van der Waals surface area contributed by atoms with Gasteiger partial charge in [-0.1, -0.05) is 43.1 Å². The molecule has 1 aliphatic heterocycles. The first-order valence-electron chi connectivity index (χ1n) is 5.99. The van der Waals surface area contributed by atoms with Gasteiger partial charge in [-0.25, -0.2) is 0 Å². The van der Waals surface area contributed by atoms with E-state index in [9.17, 15) is 4.79 Å². The number of rotatable bonds is 4. The predicted molar refractivity (Wildman–Crippen MR) is 67.1 cm³/mol. The Morgan fingerprint density at radius 3 is 2.73 bits per heavy atom. The van der Waals surface area contributed by atoms with E-state index < -0.39 is 0 Å². The van der Waals surface area contributed by atoms with Crippen LogP contribution in [0.4, 0.5) is 0 Å². The Kier molecular flexibility index (Phi) is 5.10. The molecule has 0 aliphatic carbocycles. The van der Waals surface area contributed by atoms with Crippen LogP contribution < -0.4 is 0 Å². The van der Waals surface area contributed by atoms with E-state index in [1.807, 2.05) is 4.90 Å². The average molecular weight is 276 g/mol. The summed E-state index contributed by atoms with van der Waals surface area (Å²) in [5.41, 5.74) is 0. The van der Waals surface area contributed by atoms with Crippen LogP contribution in [0.25, 0.3) is 0 Å². The maximum Gasteiger partial charge on any atom is 0.236 e. The van der Waals surface area contributed by atoms with Gasteiger partial charge in [-0.15, -0.1) is 0 Å². The van der Waals surface area contributed by atoms with Crippen LogP contribution in [0.3, 0.4) is 0 Å². The highest BCUT2D eigenvalue weighted by atomic mass is 79.9. The van der Waals surface area contributed by atoms with Gasteiger partial charge < -0.3 is 4.90 Å². The van der Waals surface area contributed by atoms with Crippen molar-refractivity contribution in [3.05, 3.63) is 0 Å². The van der Waals surface area contributed by atoms with Crippen molar-refractivity contribution in [1.82, 2.24) is 4.90 Å². The van der Waals surface area contributed by atoms with Crippen LogP contribution in [0.15, 0.2) is 0 Å². The van der Waals surface area contributed by atoms with Crippen molar-refractivity contribution in [1.29, 1.82) is 0 Å². The molecule has 1 rings (SSSR count). The lowest BCUT2D eigenvalue weighted by Crippen LogP contribution is -2.37. The Labute approximate surface area is 102 Å². The largest absolute Gasteiger partial charge is 0.341 e. The van der Waals surface area contributed by atoms with Crippen molar-refractivity contribution in [2.75, 3.05) is 13.1 Å². The molecule has 2 atom stereocenters. The summed E-state index contributed by atoms with van der Waals surface area (Å²) in [6.45, 7) is 8.31. The van der Waals surface area contributed by atoms with Crippen LogP contribution in [0.2, 0.25) is 0 Å². The molecule has 2 unspecified atom stereocenters. The number of alkyl halides is 1. The van der Waals surface area contributed by atoms with E-state index in [1.165, 1.54) is 19.3 Å². The van der Waals surface area contributed by atoms with E-state index in [0.29, 0.717) is 5.92 Å². The van der Waals surface area contributed by atoms with Crippen molar-refractivity contribution >= 4 is 21.8 Å². The van der Waals surface area contributed by atoms with E-state index in [0.717, 1.165) is 19.0 Å². The summed E-state index contributed by atoms with van der Waals surface area (Å²) in [7, 11) is 0. The highest BCUT2D eigenvalue weighted by molar-refractivity contribution is 9.10. The van der Waals surface area contributed by atoms with Gasteiger partial charge in [-0.2, -0.15) is 0 Å². The fraction of sp³-hybridized carbons (Fsp3) is 0.917. The lowest BCUT2D eigenvalue weighted by Gasteiger charge is -2.22. The van der Waals surface area contributed by atoms with Crippen molar-refractivity contribution in [2.45, 2.75) is 44.9 Å². The molecule has 0 bridgehead atoms. The predicted octanol–water partition coefficient (Wildman–Crippen LogP) is 3.05. The van der Waals surface area contributed by atoms with Crippen LogP contribution in [0, 0.1) is 11.8 Å². The average Bonchev–Trinajstić information content (AvgIpc) is 2.64. The smallest absolute Gasteiger partial charge is 0.236 e. The van der Waals surface area contributed by atoms with Gasteiger partial charge in [0.15, 0.2) is 0 Å². The van der Waals surface area contributed by atoms with Gasteiger partial charge in [0.05, 0.1) is 4.83 Å². The summed E-state index contributed by atoms with van der Waals surface area (Å²) in [4.78, 5) is 14.0. The molecule has 0 saturated carbocycles. The van der Waals surface area contributed by atoms with Gasteiger partial charge in [0.2, 0.25) is 5.91 Å². The Balaban J connectivity index is 2.43. The van der Waals surface area contributed by atoms with Gasteiger partial charge >= 0.3 is 0 Å². The Bertz CT molecular complexity index is 218. The lowest BCUT2D eigenvalue weighted by molar-refractivity contribution is -0.130. The SMILES string of the molecule is CCCC1CCN(C(=O)C(Br)C(C)C)C1. The highest BCUT2D eigenvalue weighted by Gasteiger charge is 2.30. The summed E-state index contributed by atoms with van der Waals surface area (Å²) >= 11 is 3.49. The zero-order valence-corrected chi connectivity index (χ0v) is 11.6. The third-order valence-electron chi connectivity index (χ3n) is 3.12. The quantitative estimate of drug-likeness (QED) is 0.723. The normalized spacial score (nSPS) is 23.5. The first-order valence-corrected chi connectivity index (χ1v) is 6.90. The molecule has 3 heteroatoms. The van der Waals surface area contributed by atoms with Gasteiger partial charge in [-0.3, -0.25) is 4.79 Å². The minimum Gasteiger partial charge on any atom is -0.341 e. The van der Waals surface area contributed by atoms with Crippen molar-refractivity contribution in [3.8, 4) is 0 Å². The van der Waals surface area contributed by atoms with Crippen LogP contribution >= 0.6 is 15.9 Å². The number of likely N-dealkylation sites (tertiary alicyclic amines) is 1. The minimum atomic E-state index is -0.00197. The Hall–Kier alpha value is -0.0500. The van der Waals surface area contributed by atoms with E-state index in [2.05, 4.69) is 36.7 Å². The van der Waals surface area contributed by atoms with Crippen molar-refractivity contribution in [3.63, 3.8) is 0 Å². The molecule has 0 spiro atoms. The number of hydrogen-bond donors (Lipinski definition) is 0. The van der Waals surface area contributed by atoms with Crippen molar-refractivity contribution in [2.24, 2.45) is 11.8 Å². The number of halogens is 1. The molecule has 2 nitrogen and oxygen atoms in total. The highest BCUT2D eigenvalue weighted by Crippen LogP contribution is 2.24. The zero-order chi connectivity index (χ0) is 11.4. The van der Waals surface area contributed by atoms with Gasteiger partial charge in [0.1, 0.15) is 0 Å². The van der Waals surface area contributed by atoms with Crippen LogP contribution in [0.1, 0.15) is 40.0 Å². The van der Waals surface area contributed by atoms with E-state index in [1.54, 1.807) is 0 Å². The molecule has 0 aromatic rings. The minimum absolute atomic E-state index is 0.00197. The summed E-state index contributed by atoms with van der Waals surface area (Å²) in [6.07, 6.45) is 3.68. The molecule has 1 amide bonds. The lowest BCUT2D eigenvalue weighted by atomic mass is 10.0. The monoisotopic (exact) mass is 275 g/mol. The molecule has 0 aromatic carbocycles. The molecule has 15 heavy (non-hydrogen) atoms. The van der Waals surface area contributed by atoms with E-state index >= 15 is 0 Å². The fourth-order valence-corrected chi connectivity index (χ4v) is 2.43. The fourth-order valence-electron chi connectivity index (χ4n) is 2.14. The molecule has 1 heterocycles. The van der Waals surface area contributed by atoms with Gasteiger partial charge in [0, 0.05) is 13.1 Å². The molecular weight excluding hydrogens is 254 g/mol. The molecule has 1 fully saturated rings. The summed E-state index contributed by atoms with van der Waals surface area (Å²) < 4.78 is 0. The number of nitrogens with zero attached hydrogens (tertiary/aromatic N) is 1. The standard InChI is InChI=1S/C12H22BrNO/c1-4-5-10-6-7-14(8-10)12(15)11(13)9(2)3/h9-11H,4-8H2,1-3H3. The van der Waals surface area contributed by atoms with E-state index in [-0.39, 0.29) is 10.7 Å². The molecular formula is C12H22BrNO. The van der Waals surface area contributed by atoms with Crippen LogP contribution in [-0.2, 0) is 4.79 Å². The third-order valence-corrected chi connectivity index (χ3v) is 4.56. The second-order valence-corrected chi connectivity index (χ2v) is 5.86. The Morgan fingerprint density at radius 1 is 1.53 bits per heavy atom. The molecule has 1 saturated heterocycles. The molecule has 0 aromatic heterocycles. The van der Waals surface area contributed by atoms with Crippen molar-refractivity contribution < 1.29 is 4.79 Å². The molecule has 1 aliphatic rings. The van der Waals surface area contributed by atoms with E-state index in [4.69, 9.17) is 0 Å². The number of amides is 1. The second kappa shape index (κ2) is 5.88. The number of carbonyl (C=O) groups is 1. The van der Waals surface area contributed by atoms with Gasteiger partial charge in [0.25, 0.3) is 0 Å². The maximum atomic E-state index is 12.0. The topological polar surface area (TPSA) is 20.3 Å². The van der Waals surface area contributed by atoms with Crippen LogP contribution in [-0.4, -0.2) is 28.7 Å². The summed E-state index contributed by atoms with van der Waals surface area (Å²) in [5.74, 6) is 1.40. The molecule has 0 radical (unpaired) electrons. The second-order valence-electron chi connectivity index (χ2n) is 4.87. The number of carbonyl (C=O) groups excluding carboxylic acids is 1. The first kappa shape index (κ1) is 13.0. The maximum absolute atomic E-state index is 12.0. The first-order chi connectivity index (χ1) is 7.06. The van der Waals surface area contributed by atoms with Gasteiger partial charge in [-0.05, 0) is 24.7 Å². The van der Waals surface area contributed by atoms with Crippen LogP contribution in [0.5, 0.6) is 0 Å². The zero-order valence-electron chi connectivity index (χ0n) is 10.0. The summed E-state index contributed by atoms with van der Waals surface area (Å²) in [6, 6.07) is 0. The number of hydrogen-bond acceptors (Lipinski definition) is 1. The molecule has 88 valence electrons. The summed E-state index contributed by atoms with van der Waals surface area (Å²) in [5, 5.41) is 0. The Morgan fingerprint density at radius 2 is 2.20 bits per heavy atom.